The normalized spacial score (nSPS) is 24.5. The second-order valence-electron chi connectivity index (χ2n) is 5.47. The molecule has 0 spiro atoms. The van der Waals surface area contributed by atoms with Crippen molar-refractivity contribution in [2.45, 2.75) is 56.8 Å². The molecule has 1 aliphatic carbocycles. The lowest BCUT2D eigenvalue weighted by molar-refractivity contribution is 0.215. The molecule has 0 unspecified atom stereocenters. The fraction of sp³-hybridized carbons (Fsp3) is 0.846. The number of aromatic nitrogens is 2. The second-order valence-corrected chi connectivity index (χ2v) is 5.47. The van der Waals surface area contributed by atoms with Crippen LogP contribution >= 0.6 is 0 Å². The van der Waals surface area contributed by atoms with Crippen LogP contribution in [0.3, 0.4) is 0 Å². The van der Waals surface area contributed by atoms with E-state index >= 15 is 0 Å². The minimum Gasteiger partial charge on any atom is -0.339 e. The molecule has 1 aromatic heterocycles. The molecule has 1 aromatic rings. The van der Waals surface area contributed by atoms with E-state index in [-0.39, 0.29) is 5.41 Å². The van der Waals surface area contributed by atoms with Crippen molar-refractivity contribution < 1.29 is 4.52 Å². The molecule has 4 nitrogen and oxygen atoms in total. The molecule has 0 amide bonds. The van der Waals surface area contributed by atoms with E-state index in [1.54, 1.807) is 0 Å². The minimum atomic E-state index is 0.139. The third-order valence-electron chi connectivity index (χ3n) is 4.60. The standard InChI is InChI=1S/C13H21N3O/c1-2-13(6-8-14-9-7-13)12-15-11(16-17-12)10-4-3-5-10/h10,14H,2-9H2,1H3. The molecular weight excluding hydrogens is 214 g/mol. The van der Waals surface area contributed by atoms with E-state index in [0.29, 0.717) is 5.92 Å². The zero-order chi connectivity index (χ0) is 11.7. The van der Waals surface area contributed by atoms with Crippen molar-refractivity contribution in [3.05, 3.63) is 11.7 Å². The van der Waals surface area contributed by atoms with Crippen molar-refractivity contribution in [2.75, 3.05) is 13.1 Å². The lowest BCUT2D eigenvalue weighted by Gasteiger charge is -2.33. The van der Waals surface area contributed by atoms with Crippen LogP contribution in [-0.2, 0) is 5.41 Å². The molecule has 0 bridgehead atoms. The average molecular weight is 235 g/mol. The van der Waals surface area contributed by atoms with Crippen molar-refractivity contribution in [3.8, 4) is 0 Å². The van der Waals surface area contributed by atoms with E-state index in [9.17, 15) is 0 Å². The van der Waals surface area contributed by atoms with Gasteiger partial charge in [0.15, 0.2) is 5.82 Å². The van der Waals surface area contributed by atoms with Gasteiger partial charge in [-0.1, -0.05) is 18.5 Å². The molecule has 4 heteroatoms. The van der Waals surface area contributed by atoms with Crippen molar-refractivity contribution in [3.63, 3.8) is 0 Å². The highest BCUT2D eigenvalue weighted by Gasteiger charge is 2.38. The van der Waals surface area contributed by atoms with Crippen molar-refractivity contribution >= 4 is 0 Å². The highest BCUT2D eigenvalue weighted by atomic mass is 16.5. The van der Waals surface area contributed by atoms with Crippen LogP contribution in [0.25, 0.3) is 0 Å². The van der Waals surface area contributed by atoms with Gasteiger partial charge in [0.25, 0.3) is 0 Å². The van der Waals surface area contributed by atoms with Gasteiger partial charge in [-0.25, -0.2) is 0 Å². The highest BCUT2D eigenvalue weighted by molar-refractivity contribution is 5.09. The third kappa shape index (κ3) is 1.88. The van der Waals surface area contributed by atoms with Crippen LogP contribution in [0, 0.1) is 0 Å². The topological polar surface area (TPSA) is 51.0 Å². The van der Waals surface area contributed by atoms with E-state index in [1.165, 1.54) is 19.3 Å². The molecule has 3 rings (SSSR count). The Labute approximate surface area is 102 Å². The summed E-state index contributed by atoms with van der Waals surface area (Å²) in [5.41, 5.74) is 0.139. The Hall–Kier alpha value is -0.900. The van der Waals surface area contributed by atoms with Crippen molar-refractivity contribution in [1.29, 1.82) is 0 Å². The van der Waals surface area contributed by atoms with Crippen LogP contribution in [-0.4, -0.2) is 23.2 Å². The summed E-state index contributed by atoms with van der Waals surface area (Å²) in [5, 5.41) is 7.61. The first-order chi connectivity index (χ1) is 8.34. The predicted octanol–water partition coefficient (Wildman–Crippen LogP) is 2.37. The molecule has 2 aliphatic rings. The molecular formula is C13H21N3O. The molecule has 0 radical (unpaired) electrons. The van der Waals surface area contributed by atoms with Crippen LogP contribution in [0.15, 0.2) is 4.52 Å². The summed E-state index contributed by atoms with van der Waals surface area (Å²) in [6.07, 6.45) is 7.13. The summed E-state index contributed by atoms with van der Waals surface area (Å²) in [6.45, 7) is 4.36. The van der Waals surface area contributed by atoms with Gasteiger partial charge >= 0.3 is 0 Å². The van der Waals surface area contributed by atoms with Gasteiger partial charge in [0.05, 0.1) is 5.41 Å². The highest BCUT2D eigenvalue weighted by Crippen LogP contribution is 2.39. The summed E-state index contributed by atoms with van der Waals surface area (Å²) < 4.78 is 5.57. The summed E-state index contributed by atoms with van der Waals surface area (Å²) in [7, 11) is 0. The molecule has 2 fully saturated rings. The smallest absolute Gasteiger partial charge is 0.232 e. The summed E-state index contributed by atoms with van der Waals surface area (Å²) in [4.78, 5) is 4.69. The second kappa shape index (κ2) is 4.41. The molecule has 2 heterocycles. The SMILES string of the molecule is CCC1(c2nc(C3CCC3)no2)CCNCC1. The predicted molar refractivity (Wildman–Crippen MR) is 65.0 cm³/mol. The Morgan fingerprint density at radius 1 is 1.35 bits per heavy atom. The van der Waals surface area contributed by atoms with Gasteiger partial charge in [0, 0.05) is 5.92 Å². The van der Waals surface area contributed by atoms with Gasteiger partial charge < -0.3 is 9.84 Å². The van der Waals surface area contributed by atoms with Crippen LogP contribution in [0.4, 0.5) is 0 Å². The van der Waals surface area contributed by atoms with Crippen LogP contribution < -0.4 is 5.32 Å². The monoisotopic (exact) mass is 235 g/mol. The molecule has 1 saturated carbocycles. The average Bonchev–Trinajstić information content (AvgIpc) is 2.77. The minimum absolute atomic E-state index is 0.139. The Balaban J connectivity index is 1.82. The van der Waals surface area contributed by atoms with E-state index in [0.717, 1.165) is 44.1 Å². The number of rotatable bonds is 3. The molecule has 1 aliphatic heterocycles. The van der Waals surface area contributed by atoms with Gasteiger partial charge in [-0.15, -0.1) is 0 Å². The number of hydrogen-bond donors (Lipinski definition) is 1. The molecule has 1 saturated heterocycles. The molecule has 0 aromatic carbocycles. The maximum atomic E-state index is 5.57. The first-order valence-electron chi connectivity index (χ1n) is 6.89. The van der Waals surface area contributed by atoms with Crippen LogP contribution in [0.2, 0.25) is 0 Å². The lowest BCUT2D eigenvalue weighted by atomic mass is 9.76. The first kappa shape index (κ1) is 11.2. The quantitative estimate of drug-likeness (QED) is 0.874. The fourth-order valence-corrected chi connectivity index (χ4v) is 2.91. The van der Waals surface area contributed by atoms with E-state index < -0.39 is 0 Å². The number of nitrogens with zero attached hydrogens (tertiary/aromatic N) is 2. The summed E-state index contributed by atoms with van der Waals surface area (Å²) in [5.74, 6) is 2.42. The van der Waals surface area contributed by atoms with Crippen molar-refractivity contribution in [2.24, 2.45) is 0 Å². The molecule has 94 valence electrons. The Morgan fingerprint density at radius 2 is 2.12 bits per heavy atom. The Morgan fingerprint density at radius 3 is 2.71 bits per heavy atom. The third-order valence-corrected chi connectivity index (χ3v) is 4.60. The van der Waals surface area contributed by atoms with Gasteiger partial charge in [-0.05, 0) is 45.2 Å². The van der Waals surface area contributed by atoms with Gasteiger partial charge in [0.2, 0.25) is 5.89 Å². The van der Waals surface area contributed by atoms with Crippen molar-refractivity contribution in [1.82, 2.24) is 15.5 Å². The van der Waals surface area contributed by atoms with Gasteiger partial charge in [-0.2, -0.15) is 4.98 Å². The number of piperidine rings is 1. The maximum Gasteiger partial charge on any atom is 0.232 e. The largest absolute Gasteiger partial charge is 0.339 e. The Bertz CT molecular complexity index is 378. The van der Waals surface area contributed by atoms with Gasteiger partial charge in [0.1, 0.15) is 0 Å². The van der Waals surface area contributed by atoms with Crippen LogP contribution in [0.5, 0.6) is 0 Å². The zero-order valence-electron chi connectivity index (χ0n) is 10.5. The summed E-state index contributed by atoms with van der Waals surface area (Å²) >= 11 is 0. The van der Waals surface area contributed by atoms with Crippen LogP contribution in [0.1, 0.15) is 63.1 Å². The zero-order valence-corrected chi connectivity index (χ0v) is 10.5. The Kier molecular flexibility index (Phi) is 2.90. The number of nitrogens with one attached hydrogen (secondary N) is 1. The lowest BCUT2D eigenvalue weighted by Crippen LogP contribution is -2.39. The van der Waals surface area contributed by atoms with E-state index in [4.69, 9.17) is 9.51 Å². The van der Waals surface area contributed by atoms with Gasteiger partial charge in [-0.3, -0.25) is 0 Å². The fourth-order valence-electron chi connectivity index (χ4n) is 2.91. The van der Waals surface area contributed by atoms with E-state index in [2.05, 4.69) is 17.4 Å². The molecule has 0 atom stereocenters. The first-order valence-corrected chi connectivity index (χ1v) is 6.89. The number of hydrogen-bond acceptors (Lipinski definition) is 4. The summed E-state index contributed by atoms with van der Waals surface area (Å²) in [6, 6.07) is 0. The maximum absolute atomic E-state index is 5.57. The van der Waals surface area contributed by atoms with E-state index in [1.807, 2.05) is 0 Å². The molecule has 1 N–H and O–H groups in total. The molecule has 17 heavy (non-hydrogen) atoms.